The number of ether oxygens (including phenoxy) is 5. The third-order valence-electron chi connectivity index (χ3n) is 4.33. The van der Waals surface area contributed by atoms with Crippen molar-refractivity contribution in [3.05, 3.63) is 0 Å². The van der Waals surface area contributed by atoms with Crippen LogP contribution in [0.1, 0.15) is 40.5 Å². The van der Waals surface area contributed by atoms with Crippen molar-refractivity contribution in [2.24, 2.45) is 4.99 Å². The highest BCUT2D eigenvalue weighted by Gasteiger charge is 2.53. The van der Waals surface area contributed by atoms with Crippen LogP contribution in [-0.2, 0) is 38.1 Å². The van der Waals surface area contributed by atoms with Crippen LogP contribution in [-0.4, -0.2) is 79.2 Å². The molecule has 0 aromatic heterocycles. The molecule has 2 rings (SSSR count). The Labute approximate surface area is 180 Å². The number of unbranched alkanes of at least 4 members (excludes halogenated alkanes) is 1. The number of esters is 3. The standard InChI is InChI=1S/C19H30N2O8S/c1-5-6-8-25-9-7-20-19-21-15-17(28-13(4)24)16(27-12(3)23)14(10-26-11(2)22)29-18(15)30-19/h14-18H,5-10H2,1-4H3,(H,20,21)/t14-,15-,16-,17-,18-/m1/s1. The number of amidine groups is 1. The number of rotatable bonds is 10. The van der Waals surface area contributed by atoms with Crippen LogP contribution in [0.5, 0.6) is 0 Å². The average Bonchev–Trinajstić information content (AvgIpc) is 3.07. The topological polar surface area (TPSA) is 122 Å². The van der Waals surface area contributed by atoms with Gasteiger partial charge in [0, 0.05) is 33.9 Å². The van der Waals surface area contributed by atoms with Gasteiger partial charge >= 0.3 is 17.9 Å². The molecule has 0 radical (unpaired) electrons. The highest BCUT2D eigenvalue weighted by atomic mass is 32.2. The minimum absolute atomic E-state index is 0.136. The Morgan fingerprint density at radius 2 is 1.77 bits per heavy atom. The van der Waals surface area contributed by atoms with E-state index in [1.807, 2.05) is 0 Å². The van der Waals surface area contributed by atoms with Gasteiger partial charge in [0.05, 0.1) is 6.61 Å². The molecular weight excluding hydrogens is 416 g/mol. The lowest BCUT2D eigenvalue weighted by Crippen LogP contribution is -2.59. The predicted molar refractivity (Wildman–Crippen MR) is 109 cm³/mol. The molecule has 0 aromatic rings. The number of carbonyl (C=O) groups is 3. The molecule has 2 aliphatic heterocycles. The average molecular weight is 447 g/mol. The quantitative estimate of drug-likeness (QED) is 0.296. The van der Waals surface area contributed by atoms with Gasteiger partial charge in [0.1, 0.15) is 24.2 Å². The van der Waals surface area contributed by atoms with Gasteiger partial charge in [0.2, 0.25) is 0 Å². The summed E-state index contributed by atoms with van der Waals surface area (Å²) >= 11 is 1.34. The van der Waals surface area contributed by atoms with Gasteiger partial charge in [-0.2, -0.15) is 0 Å². The number of hydrogen-bond donors (Lipinski definition) is 1. The van der Waals surface area contributed by atoms with Gasteiger partial charge in [-0.05, 0) is 6.42 Å². The van der Waals surface area contributed by atoms with Crippen LogP contribution in [0, 0.1) is 0 Å². The van der Waals surface area contributed by atoms with E-state index in [4.69, 9.17) is 23.7 Å². The van der Waals surface area contributed by atoms with E-state index in [9.17, 15) is 14.4 Å². The Hall–Kier alpha value is -1.85. The lowest BCUT2D eigenvalue weighted by molar-refractivity contribution is -0.208. The Balaban J connectivity index is 2.08. The molecule has 170 valence electrons. The first kappa shape index (κ1) is 24.4. The smallest absolute Gasteiger partial charge is 0.303 e. The van der Waals surface area contributed by atoms with Crippen LogP contribution in [0.25, 0.3) is 0 Å². The summed E-state index contributed by atoms with van der Waals surface area (Å²) in [5.74, 6) is -1.59. The number of carbonyl (C=O) groups excluding carboxylic acids is 3. The summed E-state index contributed by atoms with van der Waals surface area (Å²) in [6, 6.07) is -0.569. The Bertz CT molecular complexity index is 644. The second kappa shape index (κ2) is 12.1. The van der Waals surface area contributed by atoms with E-state index in [-0.39, 0.29) is 6.61 Å². The van der Waals surface area contributed by atoms with Crippen molar-refractivity contribution in [3.8, 4) is 0 Å². The molecule has 0 saturated carbocycles. The van der Waals surface area contributed by atoms with Gasteiger partial charge in [-0.1, -0.05) is 25.1 Å². The monoisotopic (exact) mass is 446 g/mol. The van der Waals surface area contributed by atoms with E-state index >= 15 is 0 Å². The van der Waals surface area contributed by atoms with Crippen LogP contribution in [0.15, 0.2) is 4.99 Å². The molecule has 10 nitrogen and oxygen atoms in total. The van der Waals surface area contributed by atoms with E-state index in [1.54, 1.807) is 0 Å². The Kier molecular flexibility index (Phi) is 9.86. The number of aliphatic imine (C=N–C) groups is 1. The third kappa shape index (κ3) is 7.44. The normalized spacial score (nSPS) is 27.6. The van der Waals surface area contributed by atoms with Crippen LogP contribution in [0.3, 0.4) is 0 Å². The fourth-order valence-electron chi connectivity index (χ4n) is 3.06. The van der Waals surface area contributed by atoms with Crippen molar-refractivity contribution in [1.29, 1.82) is 0 Å². The molecule has 1 N–H and O–H groups in total. The molecule has 5 atom stereocenters. The highest BCUT2D eigenvalue weighted by Crippen LogP contribution is 2.38. The van der Waals surface area contributed by atoms with E-state index in [0.717, 1.165) is 12.8 Å². The van der Waals surface area contributed by atoms with Crippen molar-refractivity contribution >= 4 is 34.8 Å². The zero-order valence-electron chi connectivity index (χ0n) is 17.8. The molecule has 0 unspecified atom stereocenters. The van der Waals surface area contributed by atoms with E-state index < -0.39 is 47.7 Å². The molecule has 2 aliphatic rings. The Morgan fingerprint density at radius 1 is 1.07 bits per heavy atom. The largest absolute Gasteiger partial charge is 0.463 e. The first-order valence-electron chi connectivity index (χ1n) is 10.0. The zero-order valence-corrected chi connectivity index (χ0v) is 18.6. The van der Waals surface area contributed by atoms with Crippen LogP contribution in [0.2, 0.25) is 0 Å². The van der Waals surface area contributed by atoms with E-state index in [0.29, 0.717) is 24.9 Å². The molecule has 1 saturated heterocycles. The van der Waals surface area contributed by atoms with Crippen LogP contribution >= 0.6 is 11.8 Å². The molecule has 0 aliphatic carbocycles. The van der Waals surface area contributed by atoms with Gasteiger partial charge < -0.3 is 29.0 Å². The summed E-state index contributed by atoms with van der Waals surface area (Å²) in [5.41, 5.74) is -0.481. The van der Waals surface area contributed by atoms with Gasteiger partial charge in [-0.25, -0.2) is 0 Å². The van der Waals surface area contributed by atoms with Gasteiger partial charge in [-0.3, -0.25) is 19.4 Å². The first-order valence-corrected chi connectivity index (χ1v) is 10.9. The zero-order chi connectivity index (χ0) is 22.1. The molecule has 0 bridgehead atoms. The molecule has 2 heterocycles. The second-order valence-electron chi connectivity index (χ2n) is 6.93. The van der Waals surface area contributed by atoms with E-state index in [2.05, 4.69) is 17.2 Å². The fourth-order valence-corrected chi connectivity index (χ4v) is 4.20. The second-order valence-corrected chi connectivity index (χ2v) is 8.02. The molecule has 0 amide bonds. The van der Waals surface area contributed by atoms with Gasteiger partial charge in [0.25, 0.3) is 0 Å². The summed E-state index contributed by atoms with van der Waals surface area (Å²) in [6.07, 6.45) is -0.514. The van der Waals surface area contributed by atoms with Crippen molar-refractivity contribution in [2.75, 3.05) is 26.4 Å². The number of thioether (sulfide) groups is 1. The number of hydrogen-bond acceptors (Lipinski definition) is 11. The van der Waals surface area contributed by atoms with Gasteiger partial charge in [-0.15, -0.1) is 0 Å². The van der Waals surface area contributed by atoms with Crippen LogP contribution < -0.4 is 5.32 Å². The molecule has 30 heavy (non-hydrogen) atoms. The summed E-state index contributed by atoms with van der Waals surface area (Å²) < 4.78 is 27.4. The Morgan fingerprint density at radius 3 is 2.40 bits per heavy atom. The number of nitrogens with zero attached hydrogens (tertiary/aromatic N) is 1. The molecule has 0 aromatic carbocycles. The lowest BCUT2D eigenvalue weighted by Gasteiger charge is -2.41. The maximum absolute atomic E-state index is 11.7. The summed E-state index contributed by atoms with van der Waals surface area (Å²) in [4.78, 5) is 39.2. The van der Waals surface area contributed by atoms with Gasteiger partial charge in [0.15, 0.2) is 17.4 Å². The summed E-state index contributed by atoms with van der Waals surface area (Å²) in [5, 5.41) is 3.81. The minimum atomic E-state index is -0.951. The third-order valence-corrected chi connectivity index (χ3v) is 5.42. The van der Waals surface area contributed by atoms with Crippen molar-refractivity contribution in [2.45, 2.75) is 70.3 Å². The van der Waals surface area contributed by atoms with Crippen molar-refractivity contribution in [1.82, 2.24) is 5.32 Å². The SMILES string of the molecule is CCCCOCCNC1=N[C@@H]2[C@@H](OC(C)=O)[C@H](OC(C)=O)[C@@H](COC(C)=O)O[C@@H]2S1. The van der Waals surface area contributed by atoms with Crippen LogP contribution in [0.4, 0.5) is 0 Å². The molecular formula is C19H30N2O8S. The highest BCUT2D eigenvalue weighted by molar-refractivity contribution is 8.14. The summed E-state index contributed by atoms with van der Waals surface area (Å²) in [6.45, 7) is 7.57. The summed E-state index contributed by atoms with van der Waals surface area (Å²) in [7, 11) is 0. The van der Waals surface area contributed by atoms with Crippen molar-refractivity contribution in [3.63, 3.8) is 0 Å². The molecule has 11 heteroatoms. The molecule has 1 fully saturated rings. The minimum Gasteiger partial charge on any atom is -0.463 e. The van der Waals surface area contributed by atoms with E-state index in [1.165, 1.54) is 32.5 Å². The lowest BCUT2D eigenvalue weighted by atomic mass is 9.98. The number of nitrogens with one attached hydrogen (secondary N) is 1. The van der Waals surface area contributed by atoms with Crippen molar-refractivity contribution < 1.29 is 38.1 Å². The number of fused-ring (bicyclic) bond motifs is 1. The first-order chi connectivity index (χ1) is 14.3. The fraction of sp³-hybridized carbons (Fsp3) is 0.789. The molecule has 0 spiro atoms. The maximum atomic E-state index is 11.7. The maximum Gasteiger partial charge on any atom is 0.303 e. The predicted octanol–water partition coefficient (Wildman–Crippen LogP) is 1.02.